The van der Waals surface area contributed by atoms with Crippen LogP contribution in [0.25, 0.3) is 0 Å². The Hall–Kier alpha value is -1.27. The summed E-state index contributed by atoms with van der Waals surface area (Å²) in [5.41, 5.74) is 2.28. The van der Waals surface area contributed by atoms with E-state index in [4.69, 9.17) is 0 Å². The monoisotopic (exact) mass is 164 g/mol. The van der Waals surface area contributed by atoms with Gasteiger partial charge in [0.2, 0.25) is 0 Å². The standard InChI is InChI=1S/C10H12O2/c1-6-4-7(2)10(12)8(3)9(6)5-11/h4,8,12H,1-3H3. The molecule has 1 N–H and O–H groups in total. The third-order valence-electron chi connectivity index (χ3n) is 2.22. The van der Waals surface area contributed by atoms with Gasteiger partial charge in [-0.15, -0.1) is 0 Å². The molecule has 0 saturated carbocycles. The van der Waals surface area contributed by atoms with E-state index in [1.54, 1.807) is 13.0 Å². The largest absolute Gasteiger partial charge is 0.511 e. The summed E-state index contributed by atoms with van der Waals surface area (Å²) in [6, 6.07) is 0. The van der Waals surface area contributed by atoms with E-state index in [1.807, 2.05) is 19.8 Å². The number of hydrogen-bond acceptors (Lipinski definition) is 2. The first-order valence-electron chi connectivity index (χ1n) is 3.91. The summed E-state index contributed by atoms with van der Waals surface area (Å²) >= 11 is 0. The number of aliphatic hydroxyl groups is 1. The minimum absolute atomic E-state index is 0.201. The second kappa shape index (κ2) is 3.00. The highest BCUT2D eigenvalue weighted by Crippen LogP contribution is 2.30. The molecule has 64 valence electrons. The molecule has 0 fully saturated rings. The number of allylic oxidation sites excluding steroid dienone is 4. The van der Waals surface area contributed by atoms with Gasteiger partial charge in [0.05, 0.1) is 0 Å². The molecule has 0 aromatic heterocycles. The third-order valence-corrected chi connectivity index (χ3v) is 2.22. The fraction of sp³-hybridized carbons (Fsp3) is 0.400. The molecule has 1 rings (SSSR count). The Morgan fingerprint density at radius 1 is 1.50 bits per heavy atom. The fourth-order valence-electron chi connectivity index (χ4n) is 1.47. The van der Waals surface area contributed by atoms with E-state index >= 15 is 0 Å². The van der Waals surface area contributed by atoms with Crippen molar-refractivity contribution >= 4 is 5.94 Å². The molecule has 1 aliphatic rings. The maximum absolute atomic E-state index is 10.5. The predicted octanol–water partition coefficient (Wildman–Crippen LogP) is 2.17. The number of rotatable bonds is 0. The van der Waals surface area contributed by atoms with Gasteiger partial charge in [-0.25, -0.2) is 4.79 Å². The fourth-order valence-corrected chi connectivity index (χ4v) is 1.47. The molecule has 1 aliphatic carbocycles. The zero-order valence-electron chi connectivity index (χ0n) is 7.51. The first kappa shape index (κ1) is 8.82. The molecule has 0 amide bonds. The van der Waals surface area contributed by atoms with E-state index in [9.17, 15) is 9.90 Å². The van der Waals surface area contributed by atoms with E-state index in [-0.39, 0.29) is 11.7 Å². The second-order valence-electron chi connectivity index (χ2n) is 3.13. The van der Waals surface area contributed by atoms with Crippen molar-refractivity contribution < 1.29 is 9.90 Å². The van der Waals surface area contributed by atoms with Crippen molar-refractivity contribution in [1.82, 2.24) is 0 Å². The summed E-state index contributed by atoms with van der Waals surface area (Å²) in [6.07, 6.45) is 1.80. The highest BCUT2D eigenvalue weighted by atomic mass is 16.3. The van der Waals surface area contributed by atoms with Gasteiger partial charge in [0.1, 0.15) is 11.7 Å². The van der Waals surface area contributed by atoms with Crippen molar-refractivity contribution in [1.29, 1.82) is 0 Å². The lowest BCUT2D eigenvalue weighted by atomic mass is 9.87. The Morgan fingerprint density at radius 2 is 2.08 bits per heavy atom. The van der Waals surface area contributed by atoms with Gasteiger partial charge in [-0.2, -0.15) is 0 Å². The topological polar surface area (TPSA) is 37.3 Å². The second-order valence-corrected chi connectivity index (χ2v) is 3.13. The molecule has 1 unspecified atom stereocenters. The van der Waals surface area contributed by atoms with Crippen LogP contribution in [0, 0.1) is 5.92 Å². The quantitative estimate of drug-likeness (QED) is 0.557. The van der Waals surface area contributed by atoms with Crippen LogP contribution >= 0.6 is 0 Å². The predicted molar refractivity (Wildman–Crippen MR) is 47.5 cm³/mol. The first-order valence-corrected chi connectivity index (χ1v) is 3.91. The number of carbonyl (C=O) groups excluding carboxylic acids is 1. The highest BCUT2D eigenvalue weighted by Gasteiger charge is 2.21. The highest BCUT2D eigenvalue weighted by molar-refractivity contribution is 5.65. The molecule has 0 heterocycles. The van der Waals surface area contributed by atoms with Crippen molar-refractivity contribution in [2.45, 2.75) is 20.8 Å². The van der Waals surface area contributed by atoms with Crippen LogP contribution in [0.4, 0.5) is 0 Å². The van der Waals surface area contributed by atoms with Gasteiger partial charge in [-0.05, 0) is 25.0 Å². The van der Waals surface area contributed by atoms with Gasteiger partial charge >= 0.3 is 0 Å². The Labute approximate surface area is 71.9 Å². The lowest BCUT2D eigenvalue weighted by Gasteiger charge is -2.19. The molecule has 2 nitrogen and oxygen atoms in total. The molecular formula is C10H12O2. The Bertz CT molecular complexity index is 315. The first-order chi connectivity index (χ1) is 5.57. The average Bonchev–Trinajstić information content (AvgIpc) is 2.01. The zero-order chi connectivity index (χ0) is 9.30. The Balaban J connectivity index is 3.24. The maximum atomic E-state index is 10.5. The summed E-state index contributed by atoms with van der Waals surface area (Å²) in [7, 11) is 0. The summed E-state index contributed by atoms with van der Waals surface area (Å²) in [4.78, 5) is 10.5. The molecule has 0 saturated heterocycles. The van der Waals surface area contributed by atoms with Crippen LogP contribution in [-0.2, 0) is 4.79 Å². The van der Waals surface area contributed by atoms with E-state index < -0.39 is 0 Å². The molecular weight excluding hydrogens is 152 g/mol. The summed E-state index contributed by atoms with van der Waals surface area (Å²) in [6.45, 7) is 5.49. The molecule has 0 radical (unpaired) electrons. The molecule has 0 spiro atoms. The zero-order valence-corrected chi connectivity index (χ0v) is 7.51. The van der Waals surface area contributed by atoms with Crippen LogP contribution in [0.1, 0.15) is 20.8 Å². The van der Waals surface area contributed by atoms with Crippen molar-refractivity contribution in [3.05, 3.63) is 28.6 Å². The molecule has 1 atom stereocenters. The maximum Gasteiger partial charge on any atom is 0.128 e. The number of hydrogen-bond donors (Lipinski definition) is 1. The van der Waals surface area contributed by atoms with Gasteiger partial charge < -0.3 is 5.11 Å². The Morgan fingerprint density at radius 3 is 2.58 bits per heavy atom. The van der Waals surface area contributed by atoms with Crippen LogP contribution in [0.5, 0.6) is 0 Å². The van der Waals surface area contributed by atoms with Gasteiger partial charge in [0.25, 0.3) is 0 Å². The van der Waals surface area contributed by atoms with Crippen LogP contribution < -0.4 is 0 Å². The molecule has 12 heavy (non-hydrogen) atoms. The van der Waals surface area contributed by atoms with Gasteiger partial charge in [-0.3, -0.25) is 0 Å². The van der Waals surface area contributed by atoms with Crippen molar-refractivity contribution in [3.63, 3.8) is 0 Å². The van der Waals surface area contributed by atoms with Gasteiger partial charge in [-0.1, -0.05) is 13.0 Å². The lowest BCUT2D eigenvalue weighted by molar-refractivity contribution is 0.353. The van der Waals surface area contributed by atoms with Gasteiger partial charge in [0.15, 0.2) is 0 Å². The van der Waals surface area contributed by atoms with Gasteiger partial charge in [0, 0.05) is 11.5 Å². The van der Waals surface area contributed by atoms with Crippen molar-refractivity contribution in [2.75, 3.05) is 0 Å². The van der Waals surface area contributed by atoms with Crippen LogP contribution in [-0.4, -0.2) is 11.0 Å². The lowest BCUT2D eigenvalue weighted by Crippen LogP contribution is -2.10. The van der Waals surface area contributed by atoms with Crippen molar-refractivity contribution in [2.24, 2.45) is 5.92 Å². The minimum atomic E-state index is -0.201. The molecule has 0 aliphatic heterocycles. The van der Waals surface area contributed by atoms with E-state index in [2.05, 4.69) is 0 Å². The van der Waals surface area contributed by atoms with E-state index in [0.717, 1.165) is 11.1 Å². The average molecular weight is 164 g/mol. The van der Waals surface area contributed by atoms with E-state index in [1.165, 1.54) is 0 Å². The van der Waals surface area contributed by atoms with E-state index in [0.29, 0.717) is 5.57 Å². The summed E-state index contributed by atoms with van der Waals surface area (Å²) < 4.78 is 0. The van der Waals surface area contributed by atoms with Crippen molar-refractivity contribution in [3.8, 4) is 0 Å². The van der Waals surface area contributed by atoms with Crippen LogP contribution in [0.2, 0.25) is 0 Å². The van der Waals surface area contributed by atoms with Crippen LogP contribution in [0.3, 0.4) is 0 Å². The molecule has 2 heteroatoms. The molecule has 0 bridgehead atoms. The summed E-state index contributed by atoms with van der Waals surface area (Å²) in [5.74, 6) is 1.93. The van der Waals surface area contributed by atoms with Crippen LogP contribution in [0.15, 0.2) is 28.6 Å². The number of aliphatic hydroxyl groups excluding tert-OH is 1. The normalized spacial score (nSPS) is 23.8. The molecule has 0 aromatic rings. The summed E-state index contributed by atoms with van der Waals surface area (Å²) in [5, 5.41) is 9.50. The SMILES string of the molecule is CC1=CC(C)=C(O)C(C)C1=C=O. The molecule has 0 aromatic carbocycles. The smallest absolute Gasteiger partial charge is 0.128 e. The third kappa shape index (κ3) is 1.21. The minimum Gasteiger partial charge on any atom is -0.511 e. The Kier molecular flexibility index (Phi) is 2.20.